The van der Waals surface area contributed by atoms with Gasteiger partial charge in [-0.3, -0.25) is 9.59 Å². The summed E-state index contributed by atoms with van der Waals surface area (Å²) >= 11 is 0. The van der Waals surface area contributed by atoms with Gasteiger partial charge in [0.1, 0.15) is 11.4 Å². The third-order valence-corrected chi connectivity index (χ3v) is 4.96. The maximum Gasteiger partial charge on any atom is 0.276 e. The van der Waals surface area contributed by atoms with Crippen LogP contribution in [0.5, 0.6) is 0 Å². The molecule has 3 rings (SSSR count). The average molecular weight is 365 g/mol. The summed E-state index contributed by atoms with van der Waals surface area (Å²) in [5, 5.41) is 0. The second kappa shape index (κ2) is 8.80. The lowest BCUT2D eigenvalue weighted by molar-refractivity contribution is 0.0755. The maximum absolute atomic E-state index is 13.0. The van der Waals surface area contributed by atoms with Gasteiger partial charge in [-0.2, -0.15) is 0 Å². The van der Waals surface area contributed by atoms with Crippen molar-refractivity contribution in [2.45, 2.75) is 39.5 Å². The molecule has 1 saturated heterocycles. The van der Waals surface area contributed by atoms with Gasteiger partial charge in [0.05, 0.1) is 0 Å². The summed E-state index contributed by atoms with van der Waals surface area (Å²) in [5.74, 6) is -0.265. The molecule has 0 bridgehead atoms. The quantitative estimate of drug-likeness (QED) is 0.820. The zero-order chi connectivity index (χ0) is 19.2. The number of likely N-dealkylation sites (tertiary alicyclic amines) is 1. The van der Waals surface area contributed by atoms with Crippen LogP contribution in [0, 0.1) is 6.92 Å². The number of hydrogen-bond acceptors (Lipinski definition) is 3. The van der Waals surface area contributed by atoms with E-state index in [0.29, 0.717) is 17.9 Å². The van der Waals surface area contributed by atoms with E-state index in [1.165, 1.54) is 0 Å². The molecule has 2 heterocycles. The Morgan fingerprint density at radius 1 is 1.00 bits per heavy atom. The molecule has 5 nitrogen and oxygen atoms in total. The highest BCUT2D eigenvalue weighted by molar-refractivity contribution is 6.05. The Kier molecular flexibility index (Phi) is 6.22. The highest BCUT2D eigenvalue weighted by atomic mass is 16.2. The van der Waals surface area contributed by atoms with E-state index in [9.17, 15) is 9.59 Å². The molecule has 0 atom stereocenters. The van der Waals surface area contributed by atoms with E-state index in [-0.39, 0.29) is 11.8 Å². The molecule has 2 aromatic rings. The van der Waals surface area contributed by atoms with Crippen LogP contribution >= 0.6 is 0 Å². The number of anilines is 1. The largest absolute Gasteiger partial charge is 0.337 e. The number of carbonyl (C=O) groups excluding carboxylic acids is 2. The number of benzene rings is 1. The number of nitrogens with zero attached hydrogens (tertiary/aromatic N) is 3. The lowest BCUT2D eigenvalue weighted by Crippen LogP contribution is -2.34. The minimum atomic E-state index is -0.186. The van der Waals surface area contributed by atoms with Gasteiger partial charge in [0.15, 0.2) is 0 Å². The number of pyridine rings is 1. The van der Waals surface area contributed by atoms with Crippen LogP contribution in [0.2, 0.25) is 0 Å². The van der Waals surface area contributed by atoms with Crippen LogP contribution in [-0.4, -0.2) is 41.3 Å². The molecule has 1 aliphatic rings. The molecule has 2 amide bonds. The fourth-order valence-corrected chi connectivity index (χ4v) is 3.49. The van der Waals surface area contributed by atoms with E-state index in [2.05, 4.69) is 4.98 Å². The predicted octanol–water partition coefficient (Wildman–Crippen LogP) is 4.07. The smallest absolute Gasteiger partial charge is 0.276 e. The number of hydrogen-bond donors (Lipinski definition) is 0. The van der Waals surface area contributed by atoms with E-state index < -0.39 is 0 Å². The number of aryl methyl sites for hydroxylation is 1. The van der Waals surface area contributed by atoms with Gasteiger partial charge in [-0.05, 0) is 56.5 Å². The molecule has 0 unspecified atom stereocenters. The van der Waals surface area contributed by atoms with Gasteiger partial charge in [0, 0.05) is 25.3 Å². The Morgan fingerprint density at radius 2 is 1.67 bits per heavy atom. The third-order valence-electron chi connectivity index (χ3n) is 4.96. The lowest BCUT2D eigenvalue weighted by atomic mass is 10.2. The molecule has 0 saturated carbocycles. The van der Waals surface area contributed by atoms with Gasteiger partial charge in [-0.25, -0.2) is 4.98 Å². The Balaban J connectivity index is 1.83. The van der Waals surface area contributed by atoms with Gasteiger partial charge in [0.2, 0.25) is 0 Å². The first-order chi connectivity index (χ1) is 13.1. The minimum absolute atomic E-state index is 0.0786. The maximum atomic E-state index is 13.0. The highest BCUT2D eigenvalue weighted by Crippen LogP contribution is 2.19. The SMILES string of the molecule is CCN(C(=O)c1cccc(C(=O)N2CCCCCC2)n1)c1cccc(C)c1. The van der Waals surface area contributed by atoms with Crippen LogP contribution in [-0.2, 0) is 0 Å². The molecule has 142 valence electrons. The lowest BCUT2D eigenvalue weighted by Gasteiger charge is -2.22. The van der Waals surface area contributed by atoms with Crippen molar-refractivity contribution in [3.05, 3.63) is 59.4 Å². The average Bonchev–Trinajstić information content (AvgIpc) is 2.97. The second-order valence-corrected chi connectivity index (χ2v) is 7.00. The Morgan fingerprint density at radius 3 is 2.33 bits per heavy atom. The number of aromatic nitrogens is 1. The fraction of sp³-hybridized carbons (Fsp3) is 0.409. The minimum Gasteiger partial charge on any atom is -0.337 e. The van der Waals surface area contributed by atoms with E-state index in [4.69, 9.17) is 0 Å². The summed E-state index contributed by atoms with van der Waals surface area (Å²) in [4.78, 5) is 33.8. The molecule has 0 N–H and O–H groups in total. The first-order valence-electron chi connectivity index (χ1n) is 9.75. The van der Waals surface area contributed by atoms with Crippen molar-refractivity contribution in [1.82, 2.24) is 9.88 Å². The Labute approximate surface area is 161 Å². The van der Waals surface area contributed by atoms with Crippen LogP contribution in [0.25, 0.3) is 0 Å². The van der Waals surface area contributed by atoms with E-state index >= 15 is 0 Å². The zero-order valence-electron chi connectivity index (χ0n) is 16.1. The van der Waals surface area contributed by atoms with Crippen LogP contribution < -0.4 is 4.90 Å². The second-order valence-electron chi connectivity index (χ2n) is 7.00. The molecule has 27 heavy (non-hydrogen) atoms. The topological polar surface area (TPSA) is 53.5 Å². The summed E-state index contributed by atoms with van der Waals surface area (Å²) in [7, 11) is 0. The summed E-state index contributed by atoms with van der Waals surface area (Å²) < 4.78 is 0. The van der Waals surface area contributed by atoms with Crippen molar-refractivity contribution >= 4 is 17.5 Å². The van der Waals surface area contributed by atoms with Crippen molar-refractivity contribution in [2.24, 2.45) is 0 Å². The normalized spacial score (nSPS) is 14.5. The third kappa shape index (κ3) is 4.54. The van der Waals surface area contributed by atoms with Gasteiger partial charge in [-0.15, -0.1) is 0 Å². The van der Waals surface area contributed by atoms with Crippen molar-refractivity contribution in [3.63, 3.8) is 0 Å². The van der Waals surface area contributed by atoms with Crippen LogP contribution in [0.1, 0.15) is 59.1 Å². The molecular formula is C22H27N3O2. The molecule has 1 aromatic carbocycles. The predicted molar refractivity (Wildman–Crippen MR) is 107 cm³/mol. The van der Waals surface area contributed by atoms with Gasteiger partial charge in [0.25, 0.3) is 11.8 Å². The van der Waals surface area contributed by atoms with E-state index in [1.807, 2.05) is 43.0 Å². The number of carbonyl (C=O) groups is 2. The molecule has 0 radical (unpaired) electrons. The summed E-state index contributed by atoms with van der Waals surface area (Å²) in [6, 6.07) is 13.0. The molecule has 0 aliphatic carbocycles. The number of amides is 2. The van der Waals surface area contributed by atoms with E-state index in [1.54, 1.807) is 23.1 Å². The molecule has 0 spiro atoms. The van der Waals surface area contributed by atoms with Crippen molar-refractivity contribution in [1.29, 1.82) is 0 Å². The summed E-state index contributed by atoms with van der Waals surface area (Å²) in [6.07, 6.45) is 4.39. The molecular weight excluding hydrogens is 338 g/mol. The molecule has 1 aliphatic heterocycles. The highest BCUT2D eigenvalue weighted by Gasteiger charge is 2.22. The summed E-state index contributed by atoms with van der Waals surface area (Å²) in [5.41, 5.74) is 2.59. The van der Waals surface area contributed by atoms with Crippen molar-refractivity contribution in [3.8, 4) is 0 Å². The standard InChI is InChI=1S/C22H27N3O2/c1-3-25(18-11-8-10-17(2)16-18)22(27)20-13-9-12-19(23-20)21(26)24-14-6-4-5-7-15-24/h8-13,16H,3-7,14-15H2,1-2H3. The van der Waals surface area contributed by atoms with Crippen LogP contribution in [0.15, 0.2) is 42.5 Å². The molecule has 1 fully saturated rings. The Bertz CT molecular complexity index is 811. The van der Waals surface area contributed by atoms with Crippen molar-refractivity contribution in [2.75, 3.05) is 24.5 Å². The summed E-state index contributed by atoms with van der Waals surface area (Å²) in [6.45, 7) is 6.01. The number of rotatable bonds is 4. The first-order valence-corrected chi connectivity index (χ1v) is 9.75. The van der Waals surface area contributed by atoms with Gasteiger partial charge < -0.3 is 9.80 Å². The molecule has 5 heteroatoms. The zero-order valence-corrected chi connectivity index (χ0v) is 16.1. The fourth-order valence-electron chi connectivity index (χ4n) is 3.49. The van der Waals surface area contributed by atoms with E-state index in [0.717, 1.165) is 50.0 Å². The first kappa shape index (κ1) is 19.1. The van der Waals surface area contributed by atoms with Crippen LogP contribution in [0.4, 0.5) is 5.69 Å². The van der Waals surface area contributed by atoms with Gasteiger partial charge >= 0.3 is 0 Å². The molecule has 1 aromatic heterocycles. The Hall–Kier alpha value is -2.69. The van der Waals surface area contributed by atoms with Crippen LogP contribution in [0.3, 0.4) is 0 Å². The van der Waals surface area contributed by atoms with Gasteiger partial charge in [-0.1, -0.05) is 31.0 Å². The van der Waals surface area contributed by atoms with Crippen molar-refractivity contribution < 1.29 is 9.59 Å². The monoisotopic (exact) mass is 365 g/mol.